The molecule has 0 radical (unpaired) electrons. The van der Waals surface area contributed by atoms with Crippen LogP contribution in [-0.2, 0) is 0 Å². The first-order chi connectivity index (χ1) is 8.75. The summed E-state index contributed by atoms with van der Waals surface area (Å²) < 4.78 is 0. The van der Waals surface area contributed by atoms with Crippen LogP contribution in [-0.4, -0.2) is 12.1 Å². The van der Waals surface area contributed by atoms with Crippen LogP contribution in [0.1, 0.15) is 25.3 Å². The molecule has 1 rings (SSSR count). The number of carbonyl (C=O) groups is 2. The maximum absolute atomic E-state index is 11.2. The van der Waals surface area contributed by atoms with Gasteiger partial charge in [0, 0.05) is 0 Å². The van der Waals surface area contributed by atoms with E-state index in [-0.39, 0.29) is 5.92 Å². The Labute approximate surface area is 110 Å². The summed E-state index contributed by atoms with van der Waals surface area (Å²) in [5, 5.41) is 1.55. The number of primary amides is 2. The van der Waals surface area contributed by atoms with E-state index < -0.39 is 12.1 Å². The molecule has 0 bridgehead atoms. The van der Waals surface area contributed by atoms with Crippen LogP contribution in [0.4, 0.5) is 21.0 Å². The van der Waals surface area contributed by atoms with Crippen molar-refractivity contribution < 1.29 is 9.59 Å². The highest BCUT2D eigenvalue weighted by Gasteiger charge is 2.17. The normalized spacial score (nSPS) is 10.4. The van der Waals surface area contributed by atoms with Gasteiger partial charge in [-0.3, -0.25) is 0 Å². The van der Waals surface area contributed by atoms with Crippen molar-refractivity contribution in [2.45, 2.75) is 19.8 Å². The summed E-state index contributed by atoms with van der Waals surface area (Å²) in [6.45, 7) is 3.86. The number of anilines is 2. The minimum atomic E-state index is -0.828. The second kappa shape index (κ2) is 5.55. The number of hydrogen-bond donors (Lipinski definition) is 4. The molecule has 0 aromatic heterocycles. The average molecular weight is 266 g/mol. The number of amides is 4. The highest BCUT2D eigenvalue weighted by Crippen LogP contribution is 2.30. The quantitative estimate of drug-likeness (QED) is 0.354. The largest absolute Gasteiger partial charge is 0.350 e. The van der Waals surface area contributed by atoms with Crippen LogP contribution >= 0.6 is 0 Å². The Hall–Kier alpha value is -2.32. The Balaban J connectivity index is 3.33. The minimum Gasteiger partial charge on any atom is -0.350 e. The molecule has 19 heavy (non-hydrogen) atoms. The SMILES string of the molecule is CC(C)c1ccc(N(N)C(N)=O)cc1N(N)C(N)=O. The van der Waals surface area contributed by atoms with Crippen LogP contribution in [0, 0.1) is 0 Å². The lowest BCUT2D eigenvalue weighted by molar-refractivity contribution is 0.253. The van der Waals surface area contributed by atoms with Crippen molar-refractivity contribution in [3.8, 4) is 0 Å². The molecule has 0 saturated carbocycles. The summed E-state index contributed by atoms with van der Waals surface area (Å²) in [7, 11) is 0. The molecule has 0 aliphatic heterocycles. The first kappa shape index (κ1) is 14.7. The molecular formula is C11H18N6O2. The van der Waals surface area contributed by atoms with Crippen LogP contribution in [0.5, 0.6) is 0 Å². The third kappa shape index (κ3) is 3.12. The van der Waals surface area contributed by atoms with Gasteiger partial charge in [-0.2, -0.15) is 0 Å². The average Bonchev–Trinajstić information content (AvgIpc) is 2.35. The van der Waals surface area contributed by atoms with Crippen LogP contribution in [0.3, 0.4) is 0 Å². The van der Waals surface area contributed by atoms with Gasteiger partial charge in [0.25, 0.3) is 0 Å². The fraction of sp³-hybridized carbons (Fsp3) is 0.273. The van der Waals surface area contributed by atoms with Crippen molar-refractivity contribution in [1.82, 2.24) is 0 Å². The van der Waals surface area contributed by atoms with Gasteiger partial charge in [0.1, 0.15) is 0 Å². The Morgan fingerprint density at radius 2 is 1.58 bits per heavy atom. The number of benzene rings is 1. The maximum atomic E-state index is 11.2. The van der Waals surface area contributed by atoms with E-state index in [2.05, 4.69) is 0 Å². The van der Waals surface area contributed by atoms with Crippen LogP contribution in [0.15, 0.2) is 18.2 Å². The zero-order chi connectivity index (χ0) is 14.7. The lowest BCUT2D eigenvalue weighted by Gasteiger charge is -2.23. The molecule has 1 aromatic rings. The van der Waals surface area contributed by atoms with Gasteiger partial charge >= 0.3 is 12.1 Å². The minimum absolute atomic E-state index is 0.106. The third-order valence-electron chi connectivity index (χ3n) is 2.65. The summed E-state index contributed by atoms with van der Waals surface area (Å²) in [5.74, 6) is 11.2. The highest BCUT2D eigenvalue weighted by molar-refractivity contribution is 5.94. The van der Waals surface area contributed by atoms with E-state index in [4.69, 9.17) is 23.2 Å². The van der Waals surface area contributed by atoms with Crippen LogP contribution < -0.4 is 33.2 Å². The Morgan fingerprint density at radius 3 is 2.00 bits per heavy atom. The Kier molecular flexibility index (Phi) is 4.30. The van der Waals surface area contributed by atoms with Crippen LogP contribution in [0.2, 0.25) is 0 Å². The van der Waals surface area contributed by atoms with Gasteiger partial charge in [0.2, 0.25) is 0 Å². The second-order valence-corrected chi connectivity index (χ2v) is 4.31. The molecule has 0 aliphatic carbocycles. The van der Waals surface area contributed by atoms with Crippen molar-refractivity contribution in [3.05, 3.63) is 23.8 Å². The number of carbonyl (C=O) groups excluding carboxylic acids is 2. The molecule has 0 spiro atoms. The third-order valence-corrected chi connectivity index (χ3v) is 2.65. The summed E-state index contributed by atoms with van der Waals surface area (Å²) >= 11 is 0. The molecule has 0 atom stereocenters. The number of hydrazine groups is 2. The number of hydrogen-bond acceptors (Lipinski definition) is 4. The molecule has 8 nitrogen and oxygen atoms in total. The topological polar surface area (TPSA) is 145 Å². The molecule has 4 amide bonds. The van der Waals surface area contributed by atoms with Gasteiger partial charge in [-0.15, -0.1) is 0 Å². The van der Waals surface area contributed by atoms with Crippen molar-refractivity contribution in [2.75, 3.05) is 10.0 Å². The number of nitrogens with two attached hydrogens (primary N) is 4. The fourth-order valence-corrected chi connectivity index (χ4v) is 1.62. The summed E-state index contributed by atoms with van der Waals surface area (Å²) in [5.41, 5.74) is 11.7. The zero-order valence-electron chi connectivity index (χ0n) is 10.8. The lowest BCUT2D eigenvalue weighted by Crippen LogP contribution is -2.43. The molecule has 0 heterocycles. The molecule has 0 aliphatic rings. The van der Waals surface area contributed by atoms with Gasteiger partial charge in [-0.1, -0.05) is 19.9 Å². The first-order valence-corrected chi connectivity index (χ1v) is 5.58. The molecule has 0 fully saturated rings. The number of urea groups is 2. The Morgan fingerprint density at radius 1 is 1.05 bits per heavy atom. The number of nitrogens with zero attached hydrogens (tertiary/aromatic N) is 2. The smallest absolute Gasteiger partial charge is 0.333 e. The fourth-order valence-electron chi connectivity index (χ4n) is 1.62. The van der Waals surface area contributed by atoms with Crippen molar-refractivity contribution in [3.63, 3.8) is 0 Å². The maximum Gasteiger partial charge on any atom is 0.333 e. The zero-order valence-corrected chi connectivity index (χ0v) is 10.8. The molecule has 0 saturated heterocycles. The lowest BCUT2D eigenvalue weighted by atomic mass is 10.0. The van der Waals surface area contributed by atoms with E-state index in [1.165, 1.54) is 6.07 Å². The molecule has 104 valence electrons. The first-order valence-electron chi connectivity index (χ1n) is 5.58. The van der Waals surface area contributed by atoms with E-state index in [0.29, 0.717) is 11.4 Å². The van der Waals surface area contributed by atoms with Crippen molar-refractivity contribution in [2.24, 2.45) is 23.2 Å². The molecule has 1 aromatic carbocycles. The van der Waals surface area contributed by atoms with Gasteiger partial charge < -0.3 is 11.5 Å². The van der Waals surface area contributed by atoms with Crippen molar-refractivity contribution >= 4 is 23.4 Å². The van der Waals surface area contributed by atoms with E-state index in [9.17, 15) is 9.59 Å². The highest BCUT2D eigenvalue weighted by atomic mass is 16.2. The van der Waals surface area contributed by atoms with Crippen molar-refractivity contribution in [1.29, 1.82) is 0 Å². The molecule has 0 unspecified atom stereocenters. The second-order valence-electron chi connectivity index (χ2n) is 4.31. The monoisotopic (exact) mass is 266 g/mol. The Bertz CT molecular complexity index is 502. The summed E-state index contributed by atoms with van der Waals surface area (Å²) in [6.07, 6.45) is 0. The molecular weight excluding hydrogens is 248 g/mol. The van der Waals surface area contributed by atoms with Gasteiger partial charge in [0.15, 0.2) is 0 Å². The van der Waals surface area contributed by atoms with Gasteiger partial charge in [0.05, 0.1) is 11.4 Å². The van der Waals surface area contributed by atoms with E-state index in [1.807, 2.05) is 13.8 Å². The number of rotatable bonds is 3. The predicted octanol–water partition coefficient (Wildman–Crippen LogP) is 0.328. The summed E-state index contributed by atoms with van der Waals surface area (Å²) in [4.78, 5) is 22.2. The van der Waals surface area contributed by atoms with E-state index in [1.54, 1.807) is 12.1 Å². The molecule has 8 N–H and O–H groups in total. The molecule has 8 heteroatoms. The predicted molar refractivity (Wildman–Crippen MR) is 73.0 cm³/mol. The van der Waals surface area contributed by atoms with Gasteiger partial charge in [-0.05, 0) is 23.6 Å². The van der Waals surface area contributed by atoms with Crippen LogP contribution in [0.25, 0.3) is 0 Å². The van der Waals surface area contributed by atoms with Gasteiger partial charge in [-0.25, -0.2) is 31.3 Å². The summed E-state index contributed by atoms with van der Waals surface area (Å²) in [6, 6.07) is 3.15. The van der Waals surface area contributed by atoms with E-state index in [0.717, 1.165) is 15.6 Å². The standard InChI is InChI=1S/C11H18N6O2/c1-6(2)8-4-3-7(16(14)10(12)18)5-9(8)17(15)11(13)19/h3-6H,14-15H2,1-2H3,(H2,12,18)(H2,13,19). The van der Waals surface area contributed by atoms with E-state index >= 15 is 0 Å².